The average molecular weight is 252 g/mol. The van der Waals surface area contributed by atoms with Crippen LogP contribution in [-0.2, 0) is 0 Å². The number of ether oxygens (including phenoxy) is 1. The highest BCUT2D eigenvalue weighted by molar-refractivity contribution is 5.29. The molecular weight excluding hydrogens is 240 g/mol. The van der Waals surface area contributed by atoms with E-state index >= 15 is 0 Å². The van der Waals surface area contributed by atoms with E-state index in [0.717, 1.165) is 12.1 Å². The third kappa shape index (κ3) is 3.57. The number of benzene rings is 1. The van der Waals surface area contributed by atoms with Crippen molar-refractivity contribution in [2.45, 2.75) is 18.6 Å². The van der Waals surface area contributed by atoms with E-state index in [1.165, 1.54) is 12.1 Å². The second kappa shape index (κ2) is 5.33. The molecule has 0 spiro atoms. The molecule has 96 valence electrons. The van der Waals surface area contributed by atoms with E-state index in [1.807, 2.05) is 0 Å². The van der Waals surface area contributed by atoms with Crippen molar-refractivity contribution in [1.82, 2.24) is 0 Å². The normalized spacial score (nSPS) is 13.8. The first-order chi connectivity index (χ1) is 7.86. The number of nitrogens with two attached hydrogens (primary N) is 2. The number of rotatable bonds is 5. The van der Waals surface area contributed by atoms with Crippen molar-refractivity contribution in [3.05, 3.63) is 29.8 Å². The van der Waals surface area contributed by atoms with Crippen LogP contribution in [0.1, 0.15) is 11.6 Å². The van der Waals surface area contributed by atoms with Gasteiger partial charge >= 0.3 is 12.5 Å². The quantitative estimate of drug-likeness (QED) is 0.786. The standard InChI is InChI=1S/C10H12F4N2O/c11-9(12)10(13,14)17-7-3-1-6(2-4-7)8(16)5-15/h1-4,8-9H,5,15-16H2. The summed E-state index contributed by atoms with van der Waals surface area (Å²) in [4.78, 5) is 0. The molecule has 7 heteroatoms. The lowest BCUT2D eigenvalue weighted by Crippen LogP contribution is -2.33. The third-order valence-corrected chi connectivity index (χ3v) is 2.07. The summed E-state index contributed by atoms with van der Waals surface area (Å²) in [5.41, 5.74) is 11.5. The van der Waals surface area contributed by atoms with E-state index < -0.39 is 18.6 Å². The van der Waals surface area contributed by atoms with Gasteiger partial charge in [-0.1, -0.05) is 12.1 Å². The summed E-state index contributed by atoms with van der Waals surface area (Å²) >= 11 is 0. The molecule has 1 rings (SSSR count). The van der Waals surface area contributed by atoms with Crippen LogP contribution >= 0.6 is 0 Å². The minimum absolute atomic E-state index is 0.188. The lowest BCUT2D eigenvalue weighted by Gasteiger charge is -2.17. The molecule has 17 heavy (non-hydrogen) atoms. The predicted molar refractivity (Wildman–Crippen MR) is 54.0 cm³/mol. The zero-order chi connectivity index (χ0) is 13.1. The Morgan fingerprint density at radius 1 is 1.18 bits per heavy atom. The Bertz CT molecular complexity index is 356. The van der Waals surface area contributed by atoms with E-state index in [0.29, 0.717) is 5.56 Å². The molecule has 0 bridgehead atoms. The van der Waals surface area contributed by atoms with Gasteiger partial charge in [0.2, 0.25) is 0 Å². The summed E-state index contributed by atoms with van der Waals surface area (Å²) in [6.45, 7) is 0.188. The van der Waals surface area contributed by atoms with Crippen LogP contribution in [0.25, 0.3) is 0 Å². The van der Waals surface area contributed by atoms with E-state index in [-0.39, 0.29) is 12.3 Å². The highest BCUT2D eigenvalue weighted by Crippen LogP contribution is 2.27. The van der Waals surface area contributed by atoms with Crippen molar-refractivity contribution in [2.75, 3.05) is 6.54 Å². The predicted octanol–water partition coefficient (Wildman–Crippen LogP) is 1.88. The van der Waals surface area contributed by atoms with Crippen LogP contribution < -0.4 is 16.2 Å². The Labute approximate surface area is 95.3 Å². The number of hydrogen-bond acceptors (Lipinski definition) is 3. The van der Waals surface area contributed by atoms with Crippen molar-refractivity contribution in [2.24, 2.45) is 11.5 Å². The summed E-state index contributed by atoms with van der Waals surface area (Å²) in [5.74, 6) is -0.358. The molecule has 0 amide bonds. The monoisotopic (exact) mass is 252 g/mol. The fraction of sp³-hybridized carbons (Fsp3) is 0.400. The highest BCUT2D eigenvalue weighted by atomic mass is 19.3. The zero-order valence-electron chi connectivity index (χ0n) is 8.75. The topological polar surface area (TPSA) is 61.3 Å². The molecule has 0 heterocycles. The number of halogens is 4. The zero-order valence-corrected chi connectivity index (χ0v) is 8.75. The fourth-order valence-electron chi connectivity index (χ4n) is 1.12. The van der Waals surface area contributed by atoms with Crippen LogP contribution in [0.15, 0.2) is 24.3 Å². The van der Waals surface area contributed by atoms with Gasteiger partial charge in [-0.2, -0.15) is 17.6 Å². The summed E-state index contributed by atoms with van der Waals surface area (Å²) < 4.78 is 52.7. The molecule has 1 atom stereocenters. The van der Waals surface area contributed by atoms with Crippen molar-refractivity contribution >= 4 is 0 Å². The van der Waals surface area contributed by atoms with Crippen LogP contribution in [-0.4, -0.2) is 19.1 Å². The Morgan fingerprint density at radius 2 is 1.71 bits per heavy atom. The van der Waals surface area contributed by atoms with E-state index in [9.17, 15) is 17.6 Å². The van der Waals surface area contributed by atoms with Gasteiger partial charge in [-0.15, -0.1) is 0 Å². The molecule has 1 aromatic carbocycles. The van der Waals surface area contributed by atoms with Crippen molar-refractivity contribution in [1.29, 1.82) is 0 Å². The van der Waals surface area contributed by atoms with Crippen LogP contribution in [0, 0.1) is 0 Å². The van der Waals surface area contributed by atoms with E-state index in [1.54, 1.807) is 0 Å². The molecule has 1 unspecified atom stereocenters. The van der Waals surface area contributed by atoms with Gasteiger partial charge in [0.05, 0.1) is 0 Å². The molecule has 0 saturated heterocycles. The molecule has 0 saturated carbocycles. The molecule has 3 nitrogen and oxygen atoms in total. The molecule has 0 aliphatic rings. The van der Waals surface area contributed by atoms with Gasteiger partial charge in [0, 0.05) is 12.6 Å². The maximum atomic E-state index is 12.5. The molecule has 0 aliphatic carbocycles. The maximum Gasteiger partial charge on any atom is 0.461 e. The Hall–Kier alpha value is -1.34. The Morgan fingerprint density at radius 3 is 2.12 bits per heavy atom. The first-order valence-corrected chi connectivity index (χ1v) is 4.77. The van der Waals surface area contributed by atoms with E-state index in [2.05, 4.69) is 4.74 Å². The minimum Gasteiger partial charge on any atom is -0.428 e. The second-order valence-electron chi connectivity index (χ2n) is 3.38. The van der Waals surface area contributed by atoms with Gasteiger partial charge in [-0.25, -0.2) is 0 Å². The molecule has 0 fully saturated rings. The van der Waals surface area contributed by atoms with Crippen LogP contribution in [0.2, 0.25) is 0 Å². The summed E-state index contributed by atoms with van der Waals surface area (Å²) in [6, 6.07) is 4.64. The lowest BCUT2D eigenvalue weighted by molar-refractivity contribution is -0.253. The Kier molecular flexibility index (Phi) is 4.30. The van der Waals surface area contributed by atoms with Crippen LogP contribution in [0.5, 0.6) is 5.75 Å². The summed E-state index contributed by atoms with van der Waals surface area (Å²) in [6.07, 6.45) is -8.38. The SMILES string of the molecule is NCC(N)c1ccc(OC(F)(F)C(F)F)cc1. The number of alkyl halides is 4. The van der Waals surface area contributed by atoms with Gasteiger partial charge in [0.15, 0.2) is 0 Å². The van der Waals surface area contributed by atoms with Gasteiger partial charge in [0.1, 0.15) is 5.75 Å². The lowest BCUT2D eigenvalue weighted by atomic mass is 10.1. The Balaban J connectivity index is 2.75. The van der Waals surface area contributed by atoms with Crippen molar-refractivity contribution in [3.8, 4) is 5.75 Å². The second-order valence-corrected chi connectivity index (χ2v) is 3.38. The maximum absolute atomic E-state index is 12.5. The molecule has 0 radical (unpaired) electrons. The van der Waals surface area contributed by atoms with Crippen LogP contribution in [0.3, 0.4) is 0 Å². The number of hydrogen-bond donors (Lipinski definition) is 2. The highest BCUT2D eigenvalue weighted by Gasteiger charge is 2.43. The molecule has 0 aromatic heterocycles. The average Bonchev–Trinajstić information content (AvgIpc) is 2.28. The minimum atomic E-state index is -4.50. The molecular formula is C10H12F4N2O. The largest absolute Gasteiger partial charge is 0.461 e. The van der Waals surface area contributed by atoms with Gasteiger partial charge in [-0.3, -0.25) is 0 Å². The molecule has 4 N–H and O–H groups in total. The van der Waals surface area contributed by atoms with Crippen molar-refractivity contribution < 1.29 is 22.3 Å². The summed E-state index contributed by atoms with van der Waals surface area (Å²) in [7, 11) is 0. The smallest absolute Gasteiger partial charge is 0.428 e. The van der Waals surface area contributed by atoms with Crippen LogP contribution in [0.4, 0.5) is 17.6 Å². The van der Waals surface area contributed by atoms with Gasteiger partial charge in [0.25, 0.3) is 0 Å². The fourth-order valence-corrected chi connectivity index (χ4v) is 1.12. The molecule has 0 aliphatic heterocycles. The summed E-state index contributed by atoms with van der Waals surface area (Å²) in [5, 5.41) is 0. The first kappa shape index (κ1) is 13.7. The third-order valence-electron chi connectivity index (χ3n) is 2.07. The van der Waals surface area contributed by atoms with E-state index in [4.69, 9.17) is 11.5 Å². The first-order valence-electron chi connectivity index (χ1n) is 4.77. The molecule has 1 aromatic rings. The van der Waals surface area contributed by atoms with Gasteiger partial charge < -0.3 is 16.2 Å². The van der Waals surface area contributed by atoms with Crippen molar-refractivity contribution in [3.63, 3.8) is 0 Å². The van der Waals surface area contributed by atoms with Gasteiger partial charge in [-0.05, 0) is 17.7 Å².